The highest BCUT2D eigenvalue weighted by atomic mass is 35.5. The van der Waals surface area contributed by atoms with Crippen LogP contribution in [0.4, 0.5) is 4.39 Å². The molecule has 2 atom stereocenters. The van der Waals surface area contributed by atoms with Gasteiger partial charge in [-0.3, -0.25) is 4.79 Å². The van der Waals surface area contributed by atoms with E-state index in [1.807, 2.05) is 24.3 Å². The first-order valence-electron chi connectivity index (χ1n) is 6.54. The Morgan fingerprint density at radius 3 is 2.76 bits per heavy atom. The zero-order valence-electron chi connectivity index (χ0n) is 10.9. The van der Waals surface area contributed by atoms with Crippen molar-refractivity contribution in [3.8, 4) is 0 Å². The number of fused-ring (bicyclic) bond motifs is 1. The Morgan fingerprint density at radius 1 is 1.19 bits per heavy atom. The number of halogens is 3. The SMILES string of the molecule is O=C(NC1c2ccccc2CC1Cl)c1cccc(Cl)c1F. The number of hydrogen-bond acceptors (Lipinski definition) is 1. The van der Waals surface area contributed by atoms with Crippen molar-refractivity contribution < 1.29 is 9.18 Å². The minimum absolute atomic E-state index is 0.0723. The number of alkyl halides is 1. The average molecular weight is 324 g/mol. The number of hydrogen-bond donors (Lipinski definition) is 1. The van der Waals surface area contributed by atoms with Gasteiger partial charge in [0.1, 0.15) is 0 Å². The standard InChI is InChI=1S/C16H12Cl2FNO/c17-12-7-3-6-11(14(12)19)16(21)20-15-10-5-2-1-4-9(10)8-13(15)18/h1-7,13,15H,8H2,(H,20,21). The van der Waals surface area contributed by atoms with Crippen LogP contribution in [-0.4, -0.2) is 11.3 Å². The lowest BCUT2D eigenvalue weighted by atomic mass is 10.1. The highest BCUT2D eigenvalue weighted by Crippen LogP contribution is 2.35. The molecule has 0 spiro atoms. The minimum atomic E-state index is -0.714. The summed E-state index contributed by atoms with van der Waals surface area (Å²) >= 11 is 12.0. The molecule has 2 nitrogen and oxygen atoms in total. The quantitative estimate of drug-likeness (QED) is 0.828. The van der Waals surface area contributed by atoms with Gasteiger partial charge in [-0.15, -0.1) is 11.6 Å². The molecule has 3 rings (SSSR count). The third-order valence-corrected chi connectivity index (χ3v) is 4.35. The zero-order valence-corrected chi connectivity index (χ0v) is 12.5. The van der Waals surface area contributed by atoms with Crippen molar-refractivity contribution in [2.75, 3.05) is 0 Å². The summed E-state index contributed by atoms with van der Waals surface area (Å²) in [5.41, 5.74) is 2.01. The maximum atomic E-state index is 13.9. The first-order chi connectivity index (χ1) is 10.1. The van der Waals surface area contributed by atoms with E-state index in [4.69, 9.17) is 23.2 Å². The molecule has 21 heavy (non-hydrogen) atoms. The number of amides is 1. The van der Waals surface area contributed by atoms with Crippen LogP contribution in [0.25, 0.3) is 0 Å². The molecule has 1 aliphatic rings. The van der Waals surface area contributed by atoms with Crippen LogP contribution >= 0.6 is 23.2 Å². The molecule has 2 aromatic carbocycles. The van der Waals surface area contributed by atoms with E-state index in [2.05, 4.69) is 5.32 Å². The summed E-state index contributed by atoms with van der Waals surface area (Å²) in [6, 6.07) is 11.8. The Kier molecular flexibility index (Phi) is 3.87. The van der Waals surface area contributed by atoms with Crippen LogP contribution in [0.15, 0.2) is 42.5 Å². The Labute approximate surface area is 131 Å². The van der Waals surface area contributed by atoms with Crippen molar-refractivity contribution in [1.29, 1.82) is 0 Å². The van der Waals surface area contributed by atoms with E-state index in [1.165, 1.54) is 12.1 Å². The molecule has 0 aliphatic heterocycles. The van der Waals surface area contributed by atoms with Crippen LogP contribution in [-0.2, 0) is 6.42 Å². The first kappa shape index (κ1) is 14.4. The molecule has 0 radical (unpaired) electrons. The molecule has 0 bridgehead atoms. The van der Waals surface area contributed by atoms with Gasteiger partial charge in [0.05, 0.1) is 22.0 Å². The monoisotopic (exact) mass is 323 g/mol. The molecular formula is C16H12Cl2FNO. The van der Waals surface area contributed by atoms with Crippen LogP contribution in [0.2, 0.25) is 5.02 Å². The van der Waals surface area contributed by atoms with E-state index in [0.717, 1.165) is 11.1 Å². The van der Waals surface area contributed by atoms with Crippen molar-refractivity contribution in [3.05, 3.63) is 70.0 Å². The molecule has 1 aliphatic carbocycles. The predicted octanol–water partition coefficient (Wildman–Crippen LogP) is 4.11. The van der Waals surface area contributed by atoms with E-state index in [-0.39, 0.29) is 22.0 Å². The summed E-state index contributed by atoms with van der Waals surface area (Å²) in [6.45, 7) is 0. The van der Waals surface area contributed by atoms with Gasteiger partial charge in [-0.1, -0.05) is 41.9 Å². The third kappa shape index (κ3) is 2.63. The molecule has 0 aromatic heterocycles. The number of carbonyl (C=O) groups is 1. The minimum Gasteiger partial charge on any atom is -0.344 e. The van der Waals surface area contributed by atoms with Gasteiger partial charge in [0.15, 0.2) is 5.82 Å². The van der Waals surface area contributed by atoms with Gasteiger partial charge < -0.3 is 5.32 Å². The van der Waals surface area contributed by atoms with Gasteiger partial charge in [0.2, 0.25) is 0 Å². The second kappa shape index (κ2) is 5.66. The van der Waals surface area contributed by atoms with Gasteiger partial charge in [0, 0.05) is 0 Å². The van der Waals surface area contributed by atoms with Gasteiger partial charge in [-0.2, -0.15) is 0 Å². The fraction of sp³-hybridized carbons (Fsp3) is 0.188. The summed E-state index contributed by atoms with van der Waals surface area (Å²) in [5, 5.41) is 2.49. The second-order valence-corrected chi connectivity index (χ2v) is 5.94. The molecular weight excluding hydrogens is 312 g/mol. The predicted molar refractivity (Wildman–Crippen MR) is 81.4 cm³/mol. The number of benzene rings is 2. The van der Waals surface area contributed by atoms with E-state index < -0.39 is 11.7 Å². The topological polar surface area (TPSA) is 29.1 Å². The van der Waals surface area contributed by atoms with E-state index in [9.17, 15) is 9.18 Å². The third-order valence-electron chi connectivity index (χ3n) is 3.65. The van der Waals surface area contributed by atoms with Crippen molar-refractivity contribution in [2.24, 2.45) is 0 Å². The lowest BCUT2D eigenvalue weighted by molar-refractivity contribution is 0.0933. The van der Waals surface area contributed by atoms with E-state index in [1.54, 1.807) is 6.07 Å². The summed E-state index contributed by atoms with van der Waals surface area (Å²) < 4.78 is 13.9. The van der Waals surface area contributed by atoms with Gasteiger partial charge in [-0.05, 0) is 29.7 Å². The summed E-state index contributed by atoms with van der Waals surface area (Å²) in [6.07, 6.45) is 0.681. The molecule has 0 saturated heterocycles. The van der Waals surface area contributed by atoms with Crippen LogP contribution in [0, 0.1) is 5.82 Å². The lowest BCUT2D eigenvalue weighted by Crippen LogP contribution is -2.32. The number of nitrogens with one attached hydrogen (secondary N) is 1. The Hall–Kier alpha value is -1.58. The maximum Gasteiger partial charge on any atom is 0.254 e. The fourth-order valence-electron chi connectivity index (χ4n) is 2.61. The Bertz CT molecular complexity index is 704. The maximum absolute atomic E-state index is 13.9. The molecule has 1 amide bonds. The molecule has 1 N–H and O–H groups in total. The highest BCUT2D eigenvalue weighted by Gasteiger charge is 2.32. The van der Waals surface area contributed by atoms with Crippen LogP contribution in [0.3, 0.4) is 0 Å². The summed E-state index contributed by atoms with van der Waals surface area (Å²) in [7, 11) is 0. The van der Waals surface area contributed by atoms with Crippen LogP contribution in [0.1, 0.15) is 27.5 Å². The second-order valence-electron chi connectivity index (χ2n) is 4.97. The Balaban J connectivity index is 1.87. The normalized spacial score (nSPS) is 20.1. The summed E-state index contributed by atoms with van der Waals surface area (Å²) in [4.78, 5) is 12.3. The Morgan fingerprint density at radius 2 is 1.95 bits per heavy atom. The molecule has 5 heteroatoms. The van der Waals surface area contributed by atoms with E-state index in [0.29, 0.717) is 6.42 Å². The number of carbonyl (C=O) groups excluding carboxylic acids is 1. The average Bonchev–Trinajstić information content (AvgIpc) is 2.78. The van der Waals surface area contributed by atoms with Gasteiger partial charge in [0.25, 0.3) is 5.91 Å². The van der Waals surface area contributed by atoms with Crippen molar-refractivity contribution in [3.63, 3.8) is 0 Å². The summed E-state index contributed by atoms with van der Waals surface area (Å²) in [5.74, 6) is -1.23. The van der Waals surface area contributed by atoms with Crippen LogP contribution in [0.5, 0.6) is 0 Å². The van der Waals surface area contributed by atoms with Crippen molar-refractivity contribution in [1.82, 2.24) is 5.32 Å². The molecule has 0 heterocycles. The molecule has 108 valence electrons. The number of rotatable bonds is 2. The van der Waals surface area contributed by atoms with Crippen molar-refractivity contribution >= 4 is 29.1 Å². The molecule has 2 aromatic rings. The molecule has 2 unspecified atom stereocenters. The van der Waals surface area contributed by atoms with Gasteiger partial charge in [-0.25, -0.2) is 4.39 Å². The van der Waals surface area contributed by atoms with Crippen molar-refractivity contribution in [2.45, 2.75) is 17.8 Å². The zero-order chi connectivity index (χ0) is 15.0. The fourth-order valence-corrected chi connectivity index (χ4v) is 3.15. The highest BCUT2D eigenvalue weighted by molar-refractivity contribution is 6.31. The lowest BCUT2D eigenvalue weighted by Gasteiger charge is -2.18. The smallest absolute Gasteiger partial charge is 0.254 e. The largest absolute Gasteiger partial charge is 0.344 e. The first-order valence-corrected chi connectivity index (χ1v) is 7.36. The molecule has 0 fully saturated rings. The van der Waals surface area contributed by atoms with E-state index >= 15 is 0 Å². The molecule has 0 saturated carbocycles. The van der Waals surface area contributed by atoms with Gasteiger partial charge >= 0.3 is 0 Å². The van der Waals surface area contributed by atoms with Crippen LogP contribution < -0.4 is 5.32 Å².